The molecule has 0 saturated carbocycles. The van der Waals surface area contributed by atoms with Gasteiger partial charge >= 0.3 is 18.2 Å². The molecule has 1 fully saturated rings. The largest absolute Gasteiger partial charge is 0.479 e. The molecule has 0 aromatic carbocycles. The van der Waals surface area contributed by atoms with Crippen LogP contribution in [0.4, 0.5) is 18.0 Å². The van der Waals surface area contributed by atoms with Crippen LogP contribution in [0.1, 0.15) is 19.8 Å². The van der Waals surface area contributed by atoms with Crippen LogP contribution in [0.3, 0.4) is 0 Å². The highest BCUT2D eigenvalue weighted by atomic mass is 19.4. The summed E-state index contributed by atoms with van der Waals surface area (Å²) in [5.74, 6) is -2.13. The molecule has 1 heterocycles. The number of halogens is 3. The number of likely N-dealkylation sites (N-methyl/N-ethyl adjacent to an activating group) is 1. The van der Waals surface area contributed by atoms with Crippen molar-refractivity contribution in [2.45, 2.75) is 37.5 Å². The van der Waals surface area contributed by atoms with Gasteiger partial charge in [0.25, 0.3) is 0 Å². The van der Waals surface area contributed by atoms with Crippen molar-refractivity contribution in [1.82, 2.24) is 15.1 Å². The second kappa shape index (κ2) is 6.08. The van der Waals surface area contributed by atoms with Crippen molar-refractivity contribution in [3.63, 3.8) is 0 Å². The molecule has 1 aliphatic heterocycles. The number of carbonyl (C=O) groups excluding carboxylic acids is 1. The van der Waals surface area contributed by atoms with Crippen LogP contribution in [-0.4, -0.2) is 71.8 Å². The Kier molecular flexibility index (Phi) is 5.08. The smallest absolute Gasteiger partial charge is 0.422 e. The van der Waals surface area contributed by atoms with Crippen LogP contribution >= 0.6 is 0 Å². The second-order valence-corrected chi connectivity index (χ2v) is 5.61. The van der Waals surface area contributed by atoms with Crippen molar-refractivity contribution in [3.05, 3.63) is 0 Å². The van der Waals surface area contributed by atoms with Gasteiger partial charge in [-0.2, -0.15) is 13.2 Å². The van der Waals surface area contributed by atoms with E-state index in [4.69, 9.17) is 5.11 Å². The zero-order valence-corrected chi connectivity index (χ0v) is 12.2. The number of carboxylic acids is 1. The molecule has 2 amide bonds. The van der Waals surface area contributed by atoms with E-state index in [1.807, 2.05) is 4.90 Å². The predicted molar refractivity (Wildman–Crippen MR) is 68.9 cm³/mol. The van der Waals surface area contributed by atoms with E-state index in [9.17, 15) is 22.8 Å². The molecule has 1 rings (SSSR count). The van der Waals surface area contributed by atoms with Gasteiger partial charge in [-0.1, -0.05) is 0 Å². The van der Waals surface area contributed by atoms with Gasteiger partial charge in [-0.25, -0.2) is 9.59 Å². The van der Waals surface area contributed by atoms with Gasteiger partial charge in [0.1, 0.15) is 0 Å². The van der Waals surface area contributed by atoms with E-state index in [0.29, 0.717) is 32.9 Å². The third-order valence-corrected chi connectivity index (χ3v) is 3.57. The maximum atomic E-state index is 12.9. The lowest BCUT2D eigenvalue weighted by molar-refractivity contribution is -0.203. The van der Waals surface area contributed by atoms with Crippen LogP contribution in [-0.2, 0) is 4.79 Å². The maximum absolute atomic E-state index is 12.9. The molecule has 0 aliphatic carbocycles. The number of urea groups is 1. The molecule has 0 aromatic rings. The Morgan fingerprint density at radius 2 is 1.95 bits per heavy atom. The molecular weight excluding hydrogens is 291 g/mol. The van der Waals surface area contributed by atoms with E-state index < -0.39 is 23.7 Å². The number of aliphatic carboxylic acids is 1. The average molecular weight is 311 g/mol. The standard InChI is InChI=1S/C12H20F3N3O3/c1-11(9(19)20,12(13,14)15)16-10(21)18-6-4-5-8(18)7-17(2)3/h8H,4-7H2,1-3H3,(H,16,21)(H,19,20). The molecule has 0 aromatic heterocycles. The van der Waals surface area contributed by atoms with Crippen LogP contribution in [0.5, 0.6) is 0 Å². The summed E-state index contributed by atoms with van der Waals surface area (Å²) in [4.78, 5) is 26.1. The first-order valence-corrected chi connectivity index (χ1v) is 6.52. The van der Waals surface area contributed by atoms with Crippen molar-refractivity contribution < 1.29 is 27.9 Å². The Morgan fingerprint density at radius 1 is 1.38 bits per heavy atom. The number of nitrogens with one attached hydrogen (secondary N) is 1. The van der Waals surface area contributed by atoms with Crippen LogP contribution in [0.2, 0.25) is 0 Å². The quantitative estimate of drug-likeness (QED) is 0.816. The topological polar surface area (TPSA) is 72.9 Å². The van der Waals surface area contributed by atoms with E-state index in [1.54, 1.807) is 19.4 Å². The minimum Gasteiger partial charge on any atom is -0.479 e. The third kappa shape index (κ3) is 3.78. The van der Waals surface area contributed by atoms with E-state index in [-0.39, 0.29) is 6.04 Å². The van der Waals surface area contributed by atoms with Crippen molar-refractivity contribution >= 4 is 12.0 Å². The van der Waals surface area contributed by atoms with Gasteiger partial charge in [0.15, 0.2) is 0 Å². The molecule has 0 radical (unpaired) electrons. The summed E-state index contributed by atoms with van der Waals surface area (Å²) in [5.41, 5.74) is -3.30. The Labute approximate surface area is 120 Å². The fourth-order valence-corrected chi connectivity index (χ4v) is 2.25. The van der Waals surface area contributed by atoms with E-state index in [0.717, 1.165) is 0 Å². The van der Waals surface area contributed by atoms with Crippen LogP contribution in [0.15, 0.2) is 0 Å². The average Bonchev–Trinajstić information content (AvgIpc) is 2.74. The first-order chi connectivity index (χ1) is 9.49. The second-order valence-electron chi connectivity index (χ2n) is 5.61. The lowest BCUT2D eigenvalue weighted by Crippen LogP contribution is -2.64. The summed E-state index contributed by atoms with van der Waals surface area (Å²) in [6, 6.07) is -1.21. The Hall–Kier alpha value is -1.51. The summed E-state index contributed by atoms with van der Waals surface area (Å²) in [7, 11) is 3.59. The van der Waals surface area contributed by atoms with E-state index in [1.165, 1.54) is 4.90 Å². The summed E-state index contributed by atoms with van der Waals surface area (Å²) in [5, 5.41) is 10.4. The molecular formula is C12H20F3N3O3. The van der Waals surface area contributed by atoms with Gasteiger partial charge in [-0.05, 0) is 33.9 Å². The number of carbonyl (C=O) groups is 2. The first kappa shape index (κ1) is 17.5. The number of carboxylic acid groups (broad SMARTS) is 1. The molecule has 0 bridgehead atoms. The molecule has 2 N–H and O–H groups in total. The summed E-state index contributed by atoms with van der Waals surface area (Å²) < 4.78 is 38.7. The summed E-state index contributed by atoms with van der Waals surface area (Å²) in [6.45, 7) is 1.28. The molecule has 0 spiro atoms. The zero-order chi connectivity index (χ0) is 16.4. The van der Waals surface area contributed by atoms with Gasteiger partial charge in [0.05, 0.1) is 0 Å². The number of hydrogen-bond donors (Lipinski definition) is 2. The molecule has 2 atom stereocenters. The highest BCUT2D eigenvalue weighted by Gasteiger charge is 2.59. The summed E-state index contributed by atoms with van der Waals surface area (Å²) in [6.07, 6.45) is -3.71. The van der Waals surface area contributed by atoms with Crippen LogP contribution in [0, 0.1) is 0 Å². The van der Waals surface area contributed by atoms with Gasteiger partial charge < -0.3 is 20.2 Å². The molecule has 6 nitrogen and oxygen atoms in total. The number of rotatable bonds is 4. The van der Waals surface area contributed by atoms with Crippen molar-refractivity contribution in [1.29, 1.82) is 0 Å². The lowest BCUT2D eigenvalue weighted by Gasteiger charge is -2.33. The number of hydrogen-bond acceptors (Lipinski definition) is 3. The molecule has 1 saturated heterocycles. The van der Waals surface area contributed by atoms with Gasteiger partial charge in [0.2, 0.25) is 5.54 Å². The highest BCUT2D eigenvalue weighted by molar-refractivity contribution is 5.87. The monoisotopic (exact) mass is 311 g/mol. The predicted octanol–water partition coefficient (Wildman–Crippen LogP) is 1.13. The SMILES string of the molecule is CN(C)CC1CCCN1C(=O)NC(C)(C(=O)O)C(F)(F)F. The fourth-order valence-electron chi connectivity index (χ4n) is 2.25. The van der Waals surface area contributed by atoms with Gasteiger partial charge in [0, 0.05) is 19.1 Å². The number of amides is 2. The Morgan fingerprint density at radius 3 is 2.38 bits per heavy atom. The van der Waals surface area contributed by atoms with Crippen LogP contribution < -0.4 is 5.32 Å². The highest BCUT2D eigenvalue weighted by Crippen LogP contribution is 2.31. The maximum Gasteiger partial charge on any atom is 0.422 e. The lowest BCUT2D eigenvalue weighted by atomic mass is 10.0. The Bertz CT molecular complexity index is 414. The molecule has 2 unspecified atom stereocenters. The Balaban J connectivity index is 2.85. The summed E-state index contributed by atoms with van der Waals surface area (Å²) >= 11 is 0. The van der Waals surface area contributed by atoms with Gasteiger partial charge in [-0.15, -0.1) is 0 Å². The van der Waals surface area contributed by atoms with E-state index >= 15 is 0 Å². The molecule has 21 heavy (non-hydrogen) atoms. The molecule has 9 heteroatoms. The molecule has 1 aliphatic rings. The number of alkyl halides is 3. The van der Waals surface area contributed by atoms with Crippen molar-refractivity contribution in [3.8, 4) is 0 Å². The fraction of sp³-hybridized carbons (Fsp3) is 0.833. The normalized spacial score (nSPS) is 22.2. The number of nitrogens with zero attached hydrogens (tertiary/aromatic N) is 2. The van der Waals surface area contributed by atoms with E-state index in [2.05, 4.69) is 0 Å². The zero-order valence-electron chi connectivity index (χ0n) is 12.2. The first-order valence-electron chi connectivity index (χ1n) is 6.52. The third-order valence-electron chi connectivity index (χ3n) is 3.57. The minimum atomic E-state index is -5.08. The van der Waals surface area contributed by atoms with Crippen molar-refractivity contribution in [2.75, 3.05) is 27.2 Å². The van der Waals surface area contributed by atoms with Crippen molar-refractivity contribution in [2.24, 2.45) is 0 Å². The number of likely N-dealkylation sites (tertiary alicyclic amines) is 1. The molecule has 122 valence electrons. The minimum absolute atomic E-state index is 0.216. The van der Waals surface area contributed by atoms with Crippen LogP contribution in [0.25, 0.3) is 0 Å². The van der Waals surface area contributed by atoms with Gasteiger partial charge in [-0.3, -0.25) is 0 Å².